The van der Waals surface area contributed by atoms with E-state index in [9.17, 15) is 4.79 Å². The van der Waals surface area contributed by atoms with Crippen molar-refractivity contribution < 1.29 is 18.8 Å². The van der Waals surface area contributed by atoms with Crippen LogP contribution in [0.4, 0.5) is 5.13 Å². The number of methoxy groups -OCH3 is 1. The van der Waals surface area contributed by atoms with Gasteiger partial charge in [0.1, 0.15) is 16.4 Å². The molecule has 1 N–H and O–H groups in total. The van der Waals surface area contributed by atoms with Gasteiger partial charge in [0.2, 0.25) is 5.82 Å². The molecule has 3 heterocycles. The number of nitrogens with zero attached hydrogens (tertiary/aromatic N) is 3. The largest absolute Gasteiger partial charge is 0.497 e. The average molecular weight is 428 g/mol. The zero-order valence-corrected chi connectivity index (χ0v) is 17.2. The van der Waals surface area contributed by atoms with E-state index < -0.39 is 0 Å². The Balaban J connectivity index is 1.39. The third-order valence-corrected chi connectivity index (χ3v) is 5.76. The van der Waals surface area contributed by atoms with Gasteiger partial charge in [-0.2, -0.15) is 4.98 Å². The number of carbonyl (C=O) groups excluding carboxylic acids is 1. The number of carbonyl (C=O) groups is 1. The third kappa shape index (κ3) is 4.44. The van der Waals surface area contributed by atoms with Gasteiger partial charge >= 0.3 is 0 Å². The number of hydrogen-bond acceptors (Lipinski definition) is 9. The van der Waals surface area contributed by atoms with Gasteiger partial charge in [-0.25, -0.2) is 4.98 Å². The van der Waals surface area contributed by atoms with E-state index in [4.69, 9.17) is 14.0 Å². The molecule has 0 saturated carbocycles. The predicted molar refractivity (Wildman–Crippen MR) is 111 cm³/mol. The van der Waals surface area contributed by atoms with Gasteiger partial charge < -0.3 is 14.0 Å². The number of thiophene rings is 1. The van der Waals surface area contributed by atoms with Crippen LogP contribution in [0.15, 0.2) is 46.3 Å². The Bertz CT molecular complexity index is 1100. The van der Waals surface area contributed by atoms with Crippen molar-refractivity contribution in [3.63, 3.8) is 0 Å². The molecule has 0 atom stereocenters. The number of aryl methyl sites for hydroxylation is 1. The summed E-state index contributed by atoms with van der Waals surface area (Å²) in [6.45, 7) is 1.69. The molecule has 0 unspecified atom stereocenters. The number of benzene rings is 1. The average Bonchev–Trinajstić information content (AvgIpc) is 3.47. The molecule has 4 aromatic rings. The lowest BCUT2D eigenvalue weighted by atomic mass is 10.3. The lowest BCUT2D eigenvalue weighted by molar-refractivity contribution is -0.118. The van der Waals surface area contributed by atoms with Gasteiger partial charge in [0.15, 0.2) is 11.7 Å². The normalized spacial score (nSPS) is 10.7. The molecule has 8 nitrogen and oxygen atoms in total. The van der Waals surface area contributed by atoms with Crippen LogP contribution in [0, 0.1) is 6.92 Å². The minimum atomic E-state index is -0.314. The minimum Gasteiger partial charge on any atom is -0.497 e. The highest BCUT2D eigenvalue weighted by atomic mass is 32.1. The van der Waals surface area contributed by atoms with Gasteiger partial charge in [0.25, 0.3) is 11.8 Å². The number of anilines is 1. The van der Waals surface area contributed by atoms with Crippen LogP contribution in [0.25, 0.3) is 21.5 Å². The van der Waals surface area contributed by atoms with Crippen molar-refractivity contribution in [3.8, 4) is 33.0 Å². The van der Waals surface area contributed by atoms with Crippen LogP contribution in [0.5, 0.6) is 11.5 Å². The van der Waals surface area contributed by atoms with Gasteiger partial charge in [-0.1, -0.05) is 22.6 Å². The molecule has 4 rings (SSSR count). The lowest BCUT2D eigenvalue weighted by Crippen LogP contribution is -2.20. The molecule has 0 bridgehead atoms. The molecule has 0 aliphatic heterocycles. The van der Waals surface area contributed by atoms with Crippen molar-refractivity contribution in [1.29, 1.82) is 0 Å². The molecule has 0 saturated heterocycles. The monoisotopic (exact) mass is 428 g/mol. The van der Waals surface area contributed by atoms with E-state index in [0.29, 0.717) is 33.2 Å². The molecule has 1 amide bonds. The van der Waals surface area contributed by atoms with E-state index in [-0.39, 0.29) is 12.5 Å². The topological polar surface area (TPSA) is 99.4 Å². The highest BCUT2D eigenvalue weighted by Crippen LogP contribution is 2.33. The Morgan fingerprint density at radius 3 is 2.69 bits per heavy atom. The van der Waals surface area contributed by atoms with Crippen LogP contribution < -0.4 is 14.8 Å². The van der Waals surface area contributed by atoms with Crippen LogP contribution in [0.1, 0.15) is 5.69 Å². The maximum atomic E-state index is 12.2. The minimum absolute atomic E-state index is 0.136. The first kappa shape index (κ1) is 19.1. The smallest absolute Gasteiger partial charge is 0.270 e. The first-order valence-corrected chi connectivity index (χ1v) is 10.2. The van der Waals surface area contributed by atoms with Crippen molar-refractivity contribution in [3.05, 3.63) is 47.5 Å². The van der Waals surface area contributed by atoms with Gasteiger partial charge in [-0.15, -0.1) is 11.3 Å². The van der Waals surface area contributed by atoms with E-state index in [2.05, 4.69) is 20.4 Å². The number of rotatable bonds is 7. The van der Waals surface area contributed by atoms with E-state index in [0.717, 1.165) is 10.6 Å². The number of aromatic nitrogens is 3. The number of thiazole rings is 1. The molecular formula is C19H16N4O4S2. The van der Waals surface area contributed by atoms with Crippen molar-refractivity contribution in [2.45, 2.75) is 6.92 Å². The molecule has 0 aliphatic carbocycles. The quantitative estimate of drug-likeness (QED) is 0.469. The SMILES string of the molecule is COc1ccc(OCC(=O)Nc2nc(C)c(-c3nc(-c4cccs4)no3)s2)cc1. The zero-order valence-electron chi connectivity index (χ0n) is 15.5. The molecule has 0 spiro atoms. The Morgan fingerprint density at radius 2 is 1.97 bits per heavy atom. The van der Waals surface area contributed by atoms with Crippen LogP contribution >= 0.6 is 22.7 Å². The summed E-state index contributed by atoms with van der Waals surface area (Å²) in [7, 11) is 1.59. The second kappa shape index (κ2) is 8.41. The fourth-order valence-corrected chi connectivity index (χ4v) is 4.00. The zero-order chi connectivity index (χ0) is 20.2. The Kier molecular flexibility index (Phi) is 5.54. The standard InChI is InChI=1S/C19H16N4O4S2/c1-11-16(18-22-17(23-27-18)14-4-3-9-28-14)29-19(20-11)21-15(24)10-26-13-7-5-12(25-2)6-8-13/h3-9H,10H2,1-2H3,(H,20,21,24). The summed E-state index contributed by atoms with van der Waals surface area (Å²) >= 11 is 2.80. The van der Waals surface area contributed by atoms with Crippen molar-refractivity contribution in [1.82, 2.24) is 15.1 Å². The number of nitrogens with one attached hydrogen (secondary N) is 1. The maximum Gasteiger partial charge on any atom is 0.270 e. The summed E-state index contributed by atoms with van der Waals surface area (Å²) in [5.74, 6) is 1.88. The number of hydrogen-bond donors (Lipinski definition) is 1. The van der Waals surface area contributed by atoms with Crippen LogP contribution in [0.2, 0.25) is 0 Å². The Labute approximate surface area is 174 Å². The van der Waals surface area contributed by atoms with Gasteiger partial charge in [0, 0.05) is 0 Å². The number of amides is 1. The maximum absolute atomic E-state index is 12.2. The Morgan fingerprint density at radius 1 is 1.17 bits per heavy atom. The molecule has 148 valence electrons. The summed E-state index contributed by atoms with van der Waals surface area (Å²) in [6.07, 6.45) is 0. The third-order valence-electron chi connectivity index (χ3n) is 3.83. The number of ether oxygens (including phenoxy) is 2. The molecule has 0 fully saturated rings. The van der Waals surface area contributed by atoms with Gasteiger partial charge in [0.05, 0.1) is 17.7 Å². The fraction of sp³-hybridized carbons (Fsp3) is 0.158. The molecule has 3 aromatic heterocycles. The van der Waals surface area contributed by atoms with Crippen LogP contribution in [-0.4, -0.2) is 34.7 Å². The molecule has 10 heteroatoms. The van der Waals surface area contributed by atoms with Gasteiger partial charge in [-0.05, 0) is 42.6 Å². The molecule has 0 radical (unpaired) electrons. The summed E-state index contributed by atoms with van der Waals surface area (Å²) in [6, 6.07) is 10.8. The molecule has 0 aliphatic rings. The first-order valence-electron chi connectivity index (χ1n) is 8.54. The van der Waals surface area contributed by atoms with Crippen molar-refractivity contribution in [2.75, 3.05) is 19.0 Å². The summed E-state index contributed by atoms with van der Waals surface area (Å²) in [5, 5.41) is 9.13. The van der Waals surface area contributed by atoms with Gasteiger partial charge in [-0.3, -0.25) is 10.1 Å². The second-order valence-corrected chi connectivity index (χ2v) is 7.79. The summed E-state index contributed by atoms with van der Waals surface area (Å²) in [4.78, 5) is 22.6. The van der Waals surface area contributed by atoms with Crippen LogP contribution in [0.3, 0.4) is 0 Å². The predicted octanol–water partition coefficient (Wildman–Crippen LogP) is 4.26. The highest BCUT2D eigenvalue weighted by molar-refractivity contribution is 7.19. The second-order valence-electron chi connectivity index (χ2n) is 5.85. The van der Waals surface area contributed by atoms with E-state index in [1.165, 1.54) is 22.7 Å². The molecular weight excluding hydrogens is 412 g/mol. The summed E-state index contributed by atoms with van der Waals surface area (Å²) in [5.41, 5.74) is 0.697. The van der Waals surface area contributed by atoms with Crippen molar-refractivity contribution >= 4 is 33.7 Å². The lowest BCUT2D eigenvalue weighted by Gasteiger charge is -2.06. The van der Waals surface area contributed by atoms with Crippen LogP contribution in [-0.2, 0) is 4.79 Å². The molecule has 29 heavy (non-hydrogen) atoms. The Hall–Kier alpha value is -3.24. The van der Waals surface area contributed by atoms with E-state index >= 15 is 0 Å². The summed E-state index contributed by atoms with van der Waals surface area (Å²) < 4.78 is 15.9. The van der Waals surface area contributed by atoms with Crippen molar-refractivity contribution in [2.24, 2.45) is 0 Å². The molecule has 1 aromatic carbocycles. The van der Waals surface area contributed by atoms with E-state index in [1.54, 1.807) is 31.4 Å². The highest BCUT2D eigenvalue weighted by Gasteiger charge is 2.18. The van der Waals surface area contributed by atoms with E-state index in [1.807, 2.05) is 24.4 Å². The fourth-order valence-electron chi connectivity index (χ4n) is 2.45. The first-order chi connectivity index (χ1) is 14.1.